The van der Waals surface area contributed by atoms with Gasteiger partial charge in [0.1, 0.15) is 0 Å². The summed E-state index contributed by atoms with van der Waals surface area (Å²) in [4.78, 5) is 18.9. The van der Waals surface area contributed by atoms with Crippen LogP contribution in [0.1, 0.15) is 21.5 Å². The van der Waals surface area contributed by atoms with E-state index in [-0.39, 0.29) is 5.91 Å². The van der Waals surface area contributed by atoms with Crippen LogP contribution in [0.25, 0.3) is 10.9 Å². The predicted octanol–water partition coefficient (Wildman–Crippen LogP) is 3.23. The molecular weight excluding hydrogens is 298 g/mol. The molecule has 3 aromatic rings. The van der Waals surface area contributed by atoms with Crippen molar-refractivity contribution >= 4 is 16.8 Å². The van der Waals surface area contributed by atoms with Gasteiger partial charge in [0.25, 0.3) is 5.91 Å². The molecule has 4 nitrogen and oxygen atoms in total. The van der Waals surface area contributed by atoms with Gasteiger partial charge in [0, 0.05) is 24.7 Å². The number of fused-ring (bicyclic) bond motifs is 1. The van der Waals surface area contributed by atoms with Crippen molar-refractivity contribution in [1.82, 2.24) is 15.2 Å². The van der Waals surface area contributed by atoms with Crippen LogP contribution in [0.4, 0.5) is 0 Å². The van der Waals surface area contributed by atoms with Gasteiger partial charge in [0.2, 0.25) is 0 Å². The minimum atomic E-state index is -0.0778. The molecule has 0 fully saturated rings. The lowest BCUT2D eigenvalue weighted by Gasteiger charge is -2.11. The zero-order valence-electron chi connectivity index (χ0n) is 14.0. The topological polar surface area (TPSA) is 45.2 Å². The van der Waals surface area contributed by atoms with Crippen molar-refractivity contribution < 1.29 is 4.79 Å². The summed E-state index contributed by atoms with van der Waals surface area (Å²) in [5.41, 5.74) is 3.84. The van der Waals surface area contributed by atoms with Crippen molar-refractivity contribution in [2.24, 2.45) is 0 Å². The molecule has 2 aromatic carbocycles. The molecule has 0 radical (unpaired) electrons. The molecule has 3 rings (SSSR count). The van der Waals surface area contributed by atoms with Gasteiger partial charge in [-0.1, -0.05) is 42.5 Å². The molecule has 0 aliphatic heterocycles. The number of hydrogen-bond donors (Lipinski definition) is 1. The number of carbonyl (C=O) groups excluding carboxylic acids is 1. The van der Waals surface area contributed by atoms with Crippen LogP contribution in [-0.2, 0) is 13.1 Å². The van der Waals surface area contributed by atoms with Crippen molar-refractivity contribution in [2.45, 2.75) is 13.1 Å². The van der Waals surface area contributed by atoms with E-state index in [1.54, 1.807) is 12.3 Å². The maximum absolute atomic E-state index is 12.5. The van der Waals surface area contributed by atoms with Crippen LogP contribution in [0.2, 0.25) is 0 Å². The van der Waals surface area contributed by atoms with E-state index in [0.717, 1.165) is 23.0 Å². The van der Waals surface area contributed by atoms with Crippen molar-refractivity contribution in [3.05, 3.63) is 77.5 Å². The minimum Gasteiger partial charge on any atom is -0.348 e. The van der Waals surface area contributed by atoms with Crippen molar-refractivity contribution in [1.29, 1.82) is 0 Å². The van der Waals surface area contributed by atoms with Crippen molar-refractivity contribution in [2.75, 3.05) is 14.1 Å². The van der Waals surface area contributed by atoms with Gasteiger partial charge in [-0.25, -0.2) is 0 Å². The average molecular weight is 319 g/mol. The second kappa shape index (κ2) is 7.23. The Balaban J connectivity index is 1.69. The van der Waals surface area contributed by atoms with E-state index in [2.05, 4.69) is 39.5 Å². The monoisotopic (exact) mass is 319 g/mol. The molecule has 0 aliphatic rings. The number of nitrogens with one attached hydrogen (secondary N) is 1. The first kappa shape index (κ1) is 16.1. The Labute approximate surface area is 142 Å². The first-order valence-electron chi connectivity index (χ1n) is 7.98. The summed E-state index contributed by atoms with van der Waals surface area (Å²) in [6, 6.07) is 17.8. The quantitative estimate of drug-likeness (QED) is 0.785. The zero-order chi connectivity index (χ0) is 16.9. The molecule has 4 heteroatoms. The number of benzene rings is 2. The fraction of sp³-hybridized carbons (Fsp3) is 0.200. The first-order chi connectivity index (χ1) is 11.6. The zero-order valence-corrected chi connectivity index (χ0v) is 14.0. The Morgan fingerprint density at radius 1 is 1.00 bits per heavy atom. The lowest BCUT2D eigenvalue weighted by molar-refractivity contribution is 0.0952. The number of nitrogens with zero attached hydrogens (tertiary/aromatic N) is 2. The summed E-state index contributed by atoms with van der Waals surface area (Å²) < 4.78 is 0. The highest BCUT2D eigenvalue weighted by atomic mass is 16.1. The Hall–Kier alpha value is -2.72. The molecule has 0 unspecified atom stereocenters. The minimum absolute atomic E-state index is 0.0778. The van der Waals surface area contributed by atoms with Crippen LogP contribution in [0.15, 0.2) is 60.8 Å². The van der Waals surface area contributed by atoms with Crippen LogP contribution >= 0.6 is 0 Å². The SMILES string of the molecule is CN(C)Cc1ccc(CNC(=O)c2ccnc3ccccc23)cc1. The summed E-state index contributed by atoms with van der Waals surface area (Å²) >= 11 is 0. The average Bonchev–Trinajstić information content (AvgIpc) is 2.60. The molecule has 1 aromatic heterocycles. The number of hydrogen-bond acceptors (Lipinski definition) is 3. The van der Waals surface area contributed by atoms with E-state index in [1.807, 2.05) is 38.4 Å². The highest BCUT2D eigenvalue weighted by Crippen LogP contribution is 2.16. The van der Waals surface area contributed by atoms with Crippen LogP contribution in [0.5, 0.6) is 0 Å². The summed E-state index contributed by atoms with van der Waals surface area (Å²) in [6.45, 7) is 1.42. The van der Waals surface area contributed by atoms with Crippen molar-refractivity contribution in [3.63, 3.8) is 0 Å². The molecule has 1 heterocycles. The van der Waals surface area contributed by atoms with Gasteiger partial charge in [-0.05, 0) is 37.4 Å². The van der Waals surface area contributed by atoms with Gasteiger partial charge in [-0.15, -0.1) is 0 Å². The van der Waals surface area contributed by atoms with Gasteiger partial charge < -0.3 is 10.2 Å². The van der Waals surface area contributed by atoms with Crippen LogP contribution < -0.4 is 5.32 Å². The summed E-state index contributed by atoms with van der Waals surface area (Å²) in [5.74, 6) is -0.0778. The highest BCUT2D eigenvalue weighted by molar-refractivity contribution is 6.05. The standard InChI is InChI=1S/C20H21N3O/c1-23(2)14-16-9-7-15(8-10-16)13-22-20(24)18-11-12-21-19-6-4-3-5-17(18)19/h3-12H,13-14H2,1-2H3,(H,22,24). The first-order valence-corrected chi connectivity index (χ1v) is 7.98. The predicted molar refractivity (Wildman–Crippen MR) is 96.7 cm³/mol. The maximum Gasteiger partial charge on any atom is 0.252 e. The fourth-order valence-electron chi connectivity index (χ4n) is 2.70. The summed E-state index contributed by atoms with van der Waals surface area (Å²) in [6.07, 6.45) is 1.67. The van der Waals surface area contributed by atoms with Gasteiger partial charge in [-0.2, -0.15) is 0 Å². The van der Waals surface area contributed by atoms with E-state index in [0.29, 0.717) is 12.1 Å². The highest BCUT2D eigenvalue weighted by Gasteiger charge is 2.09. The van der Waals surface area contributed by atoms with Gasteiger partial charge >= 0.3 is 0 Å². The van der Waals surface area contributed by atoms with Gasteiger partial charge in [0.05, 0.1) is 11.1 Å². The van der Waals surface area contributed by atoms with Crippen LogP contribution in [-0.4, -0.2) is 29.9 Å². The molecule has 1 amide bonds. The molecule has 0 saturated heterocycles. The second-order valence-corrected chi connectivity index (χ2v) is 6.11. The molecule has 0 spiro atoms. The smallest absolute Gasteiger partial charge is 0.252 e. The fourth-order valence-corrected chi connectivity index (χ4v) is 2.70. The third-order valence-electron chi connectivity index (χ3n) is 3.87. The molecule has 122 valence electrons. The normalized spacial score (nSPS) is 11.0. The van der Waals surface area contributed by atoms with E-state index in [1.165, 1.54) is 5.56 Å². The number of amides is 1. The van der Waals surface area contributed by atoms with E-state index in [9.17, 15) is 4.79 Å². The molecular formula is C20H21N3O. The molecule has 0 bridgehead atoms. The van der Waals surface area contributed by atoms with Crippen molar-refractivity contribution in [3.8, 4) is 0 Å². The Bertz CT molecular complexity index is 836. The molecule has 0 saturated carbocycles. The molecule has 0 atom stereocenters. The number of carbonyl (C=O) groups is 1. The lowest BCUT2D eigenvalue weighted by atomic mass is 10.1. The second-order valence-electron chi connectivity index (χ2n) is 6.11. The molecule has 0 aliphatic carbocycles. The number of rotatable bonds is 5. The Morgan fingerprint density at radius 2 is 1.71 bits per heavy atom. The van der Waals surface area contributed by atoms with E-state index < -0.39 is 0 Å². The number of para-hydroxylation sites is 1. The summed E-state index contributed by atoms with van der Waals surface area (Å²) in [7, 11) is 4.10. The van der Waals surface area contributed by atoms with Crippen LogP contribution in [0, 0.1) is 0 Å². The number of pyridine rings is 1. The summed E-state index contributed by atoms with van der Waals surface area (Å²) in [5, 5.41) is 3.86. The van der Waals surface area contributed by atoms with E-state index >= 15 is 0 Å². The Kier molecular flexibility index (Phi) is 4.87. The van der Waals surface area contributed by atoms with Gasteiger partial charge in [-0.3, -0.25) is 9.78 Å². The molecule has 24 heavy (non-hydrogen) atoms. The Morgan fingerprint density at radius 3 is 2.46 bits per heavy atom. The third-order valence-corrected chi connectivity index (χ3v) is 3.87. The van der Waals surface area contributed by atoms with E-state index in [4.69, 9.17) is 0 Å². The lowest BCUT2D eigenvalue weighted by Crippen LogP contribution is -2.23. The van der Waals surface area contributed by atoms with Gasteiger partial charge in [0.15, 0.2) is 0 Å². The van der Waals surface area contributed by atoms with Crippen LogP contribution in [0.3, 0.4) is 0 Å². The molecule has 1 N–H and O–H groups in total. The third kappa shape index (κ3) is 3.78. The maximum atomic E-state index is 12.5. The number of aromatic nitrogens is 1. The largest absolute Gasteiger partial charge is 0.348 e.